The molecule has 8 heteroatoms. The summed E-state index contributed by atoms with van der Waals surface area (Å²) in [4.78, 5) is 34.7. The van der Waals surface area contributed by atoms with Crippen molar-refractivity contribution < 1.29 is 9.59 Å². The number of nitrogens with one attached hydrogen (secondary N) is 3. The summed E-state index contributed by atoms with van der Waals surface area (Å²) in [5, 5.41) is 8.84. The molecule has 3 rings (SSSR count). The lowest BCUT2D eigenvalue weighted by Gasteiger charge is -2.32. The molecule has 1 fully saturated rings. The Morgan fingerprint density at radius 1 is 1.07 bits per heavy atom. The number of hydrogen-bond acceptors (Lipinski definition) is 5. The highest BCUT2D eigenvalue weighted by molar-refractivity contribution is 5.90. The van der Waals surface area contributed by atoms with E-state index in [1.165, 1.54) is 0 Å². The fourth-order valence-corrected chi connectivity index (χ4v) is 2.99. The number of anilines is 2. The third-order valence-electron chi connectivity index (χ3n) is 4.38. The first kappa shape index (κ1) is 18.6. The standard InChI is InChI=1S/C19H24N6O2/c26-17(20-11-12-23-18-21-9-5-10-22-18)15-6-4-13-25(14-15)19(27)24-16-7-2-1-3-8-16/h1-3,5,7-10,15H,4,6,11-14H2,(H,20,26)(H,24,27)(H,21,22,23)/t15-/m1/s1. The van der Waals surface area contributed by atoms with Gasteiger partial charge in [-0.05, 0) is 31.0 Å². The lowest BCUT2D eigenvalue weighted by Crippen LogP contribution is -2.47. The second-order valence-electron chi connectivity index (χ2n) is 6.37. The normalized spacial score (nSPS) is 16.4. The smallest absolute Gasteiger partial charge is 0.321 e. The first-order valence-corrected chi connectivity index (χ1v) is 9.12. The van der Waals surface area contributed by atoms with Crippen molar-refractivity contribution in [2.75, 3.05) is 36.8 Å². The van der Waals surface area contributed by atoms with Crippen molar-refractivity contribution in [3.8, 4) is 0 Å². The highest BCUT2D eigenvalue weighted by atomic mass is 16.2. The molecule has 27 heavy (non-hydrogen) atoms. The summed E-state index contributed by atoms with van der Waals surface area (Å²) in [6, 6.07) is 10.9. The Labute approximate surface area is 158 Å². The van der Waals surface area contributed by atoms with Gasteiger partial charge in [-0.25, -0.2) is 14.8 Å². The maximum atomic E-state index is 12.4. The molecule has 1 saturated heterocycles. The van der Waals surface area contributed by atoms with E-state index in [0.717, 1.165) is 18.5 Å². The fourth-order valence-electron chi connectivity index (χ4n) is 2.99. The molecule has 3 amide bonds. The van der Waals surface area contributed by atoms with Gasteiger partial charge in [0, 0.05) is 44.3 Å². The van der Waals surface area contributed by atoms with Crippen LogP contribution in [0.3, 0.4) is 0 Å². The van der Waals surface area contributed by atoms with Gasteiger partial charge < -0.3 is 20.9 Å². The van der Waals surface area contributed by atoms with Crippen LogP contribution in [0.5, 0.6) is 0 Å². The number of likely N-dealkylation sites (tertiary alicyclic amines) is 1. The summed E-state index contributed by atoms with van der Waals surface area (Å²) in [5.41, 5.74) is 0.753. The number of benzene rings is 1. The predicted octanol–water partition coefficient (Wildman–Crippen LogP) is 1.95. The second kappa shape index (κ2) is 9.51. The van der Waals surface area contributed by atoms with E-state index in [9.17, 15) is 9.59 Å². The summed E-state index contributed by atoms with van der Waals surface area (Å²) in [6.07, 6.45) is 4.92. The quantitative estimate of drug-likeness (QED) is 0.677. The van der Waals surface area contributed by atoms with E-state index in [1.54, 1.807) is 23.4 Å². The Kier molecular flexibility index (Phi) is 6.56. The largest absolute Gasteiger partial charge is 0.354 e. The summed E-state index contributed by atoms with van der Waals surface area (Å²) in [7, 11) is 0. The molecular formula is C19H24N6O2. The van der Waals surface area contributed by atoms with E-state index in [-0.39, 0.29) is 17.9 Å². The number of carbonyl (C=O) groups excluding carboxylic acids is 2. The van der Waals surface area contributed by atoms with Gasteiger partial charge in [-0.3, -0.25) is 4.79 Å². The molecule has 3 N–H and O–H groups in total. The number of piperidine rings is 1. The van der Waals surface area contributed by atoms with Gasteiger partial charge in [-0.2, -0.15) is 0 Å². The van der Waals surface area contributed by atoms with Crippen molar-refractivity contribution >= 4 is 23.6 Å². The van der Waals surface area contributed by atoms with Crippen molar-refractivity contribution in [3.05, 3.63) is 48.8 Å². The van der Waals surface area contributed by atoms with Gasteiger partial charge in [-0.1, -0.05) is 18.2 Å². The van der Waals surface area contributed by atoms with Crippen molar-refractivity contribution in [2.45, 2.75) is 12.8 Å². The SMILES string of the molecule is O=C(NCCNc1ncccn1)[C@@H]1CCCN(C(=O)Nc2ccccc2)C1. The van der Waals surface area contributed by atoms with E-state index in [2.05, 4.69) is 25.9 Å². The average Bonchev–Trinajstić information content (AvgIpc) is 2.72. The topological polar surface area (TPSA) is 99.2 Å². The van der Waals surface area contributed by atoms with E-state index < -0.39 is 0 Å². The van der Waals surface area contributed by atoms with Crippen LogP contribution in [-0.2, 0) is 4.79 Å². The van der Waals surface area contributed by atoms with Crippen molar-refractivity contribution in [2.24, 2.45) is 5.92 Å². The Bertz CT molecular complexity index is 740. The van der Waals surface area contributed by atoms with Gasteiger partial charge in [0.2, 0.25) is 11.9 Å². The van der Waals surface area contributed by atoms with Gasteiger partial charge in [0.1, 0.15) is 0 Å². The van der Waals surface area contributed by atoms with Gasteiger partial charge in [0.15, 0.2) is 0 Å². The van der Waals surface area contributed by atoms with Gasteiger partial charge >= 0.3 is 6.03 Å². The summed E-state index contributed by atoms with van der Waals surface area (Å²) in [6.45, 7) is 2.11. The number of aromatic nitrogens is 2. The highest BCUT2D eigenvalue weighted by Gasteiger charge is 2.28. The number of para-hydroxylation sites is 1. The summed E-state index contributed by atoms with van der Waals surface area (Å²) >= 11 is 0. The van der Waals surface area contributed by atoms with Crippen LogP contribution in [-0.4, -0.2) is 53.0 Å². The van der Waals surface area contributed by atoms with Crippen molar-refractivity contribution in [1.29, 1.82) is 0 Å². The van der Waals surface area contributed by atoms with Crippen LogP contribution in [0, 0.1) is 5.92 Å². The van der Waals surface area contributed by atoms with Crippen LogP contribution >= 0.6 is 0 Å². The molecule has 0 bridgehead atoms. The molecule has 1 aromatic heterocycles. The number of hydrogen-bond donors (Lipinski definition) is 3. The monoisotopic (exact) mass is 368 g/mol. The minimum absolute atomic E-state index is 0.0250. The number of amides is 3. The van der Waals surface area contributed by atoms with Crippen molar-refractivity contribution in [1.82, 2.24) is 20.2 Å². The second-order valence-corrected chi connectivity index (χ2v) is 6.37. The molecule has 2 aromatic rings. The molecule has 0 spiro atoms. The lowest BCUT2D eigenvalue weighted by molar-refractivity contribution is -0.126. The number of carbonyl (C=O) groups is 2. The van der Waals surface area contributed by atoms with Crippen molar-refractivity contribution in [3.63, 3.8) is 0 Å². The van der Waals surface area contributed by atoms with E-state index in [0.29, 0.717) is 32.1 Å². The predicted molar refractivity (Wildman–Crippen MR) is 103 cm³/mol. The zero-order valence-corrected chi connectivity index (χ0v) is 15.1. The maximum absolute atomic E-state index is 12.4. The lowest BCUT2D eigenvalue weighted by atomic mass is 9.97. The molecule has 142 valence electrons. The summed E-state index contributed by atoms with van der Waals surface area (Å²) < 4.78 is 0. The first-order chi connectivity index (χ1) is 13.2. The molecule has 1 aliphatic rings. The molecular weight excluding hydrogens is 344 g/mol. The minimum Gasteiger partial charge on any atom is -0.354 e. The zero-order valence-electron chi connectivity index (χ0n) is 15.1. The number of nitrogens with zero attached hydrogens (tertiary/aromatic N) is 3. The third-order valence-corrected chi connectivity index (χ3v) is 4.38. The van der Waals surface area contributed by atoms with E-state index in [4.69, 9.17) is 0 Å². The Morgan fingerprint density at radius 3 is 2.63 bits per heavy atom. The Hall–Kier alpha value is -3.16. The molecule has 2 heterocycles. The highest BCUT2D eigenvalue weighted by Crippen LogP contribution is 2.18. The van der Waals surface area contributed by atoms with Gasteiger partial charge in [0.25, 0.3) is 0 Å². The number of urea groups is 1. The Morgan fingerprint density at radius 2 is 1.85 bits per heavy atom. The molecule has 1 aliphatic heterocycles. The van der Waals surface area contributed by atoms with Gasteiger partial charge in [-0.15, -0.1) is 0 Å². The Balaban J connectivity index is 1.41. The molecule has 0 aliphatic carbocycles. The molecule has 1 atom stereocenters. The van der Waals surface area contributed by atoms with Crippen LogP contribution in [0.1, 0.15) is 12.8 Å². The van der Waals surface area contributed by atoms with Gasteiger partial charge in [0.05, 0.1) is 5.92 Å². The third kappa shape index (κ3) is 5.67. The zero-order chi connectivity index (χ0) is 18.9. The van der Waals surface area contributed by atoms with Crippen LogP contribution < -0.4 is 16.0 Å². The van der Waals surface area contributed by atoms with Crippen LogP contribution in [0.4, 0.5) is 16.4 Å². The molecule has 1 aromatic carbocycles. The molecule has 0 unspecified atom stereocenters. The average molecular weight is 368 g/mol. The fraction of sp³-hybridized carbons (Fsp3) is 0.368. The van der Waals surface area contributed by atoms with Crippen LogP contribution in [0.25, 0.3) is 0 Å². The van der Waals surface area contributed by atoms with Crippen LogP contribution in [0.2, 0.25) is 0 Å². The van der Waals surface area contributed by atoms with Crippen LogP contribution in [0.15, 0.2) is 48.8 Å². The van der Waals surface area contributed by atoms with E-state index >= 15 is 0 Å². The first-order valence-electron chi connectivity index (χ1n) is 9.12. The maximum Gasteiger partial charge on any atom is 0.321 e. The number of rotatable bonds is 6. The molecule has 8 nitrogen and oxygen atoms in total. The van der Waals surface area contributed by atoms with E-state index in [1.807, 2.05) is 30.3 Å². The molecule has 0 saturated carbocycles. The molecule has 0 radical (unpaired) electrons. The summed E-state index contributed by atoms with van der Waals surface area (Å²) in [5.74, 6) is 0.324. The minimum atomic E-state index is -0.187.